The van der Waals surface area contributed by atoms with Crippen molar-refractivity contribution in [2.45, 2.75) is 13.5 Å². The van der Waals surface area contributed by atoms with Gasteiger partial charge in [-0.15, -0.1) is 0 Å². The van der Waals surface area contributed by atoms with E-state index >= 15 is 0 Å². The summed E-state index contributed by atoms with van der Waals surface area (Å²) in [5.41, 5.74) is 2.69. The minimum absolute atomic E-state index is 0.0327. The summed E-state index contributed by atoms with van der Waals surface area (Å²) in [5, 5.41) is 3.71. The molecule has 1 aliphatic heterocycles. The van der Waals surface area contributed by atoms with E-state index in [4.69, 9.17) is 44.3 Å². The summed E-state index contributed by atoms with van der Waals surface area (Å²) in [6, 6.07) is 15.1. The van der Waals surface area contributed by atoms with Crippen LogP contribution >= 0.6 is 46.6 Å². The summed E-state index contributed by atoms with van der Waals surface area (Å²) in [5.74, 6) is -0.104. The highest BCUT2D eigenvalue weighted by Gasteiger charge is 2.35. The van der Waals surface area contributed by atoms with Crippen molar-refractivity contribution < 1.29 is 23.9 Å². The summed E-state index contributed by atoms with van der Waals surface area (Å²) < 4.78 is 11.0. The number of carbonyl (C=O) groups excluding carboxylic acids is 3. The number of anilines is 1. The molecule has 4 rings (SSSR count). The SMILES string of the molecule is COc1cc(/C=C2\SC(=O)N(Cc3ccc(Cl)cc3Cl)C2=O)ccc1OCC(=O)Nc1ccc(C)c(Cl)c1. The van der Waals surface area contributed by atoms with Gasteiger partial charge in [0.25, 0.3) is 17.1 Å². The van der Waals surface area contributed by atoms with Crippen molar-refractivity contribution in [3.63, 3.8) is 0 Å². The van der Waals surface area contributed by atoms with E-state index in [-0.39, 0.29) is 24.0 Å². The maximum Gasteiger partial charge on any atom is 0.293 e. The van der Waals surface area contributed by atoms with Crippen LogP contribution in [-0.4, -0.2) is 35.7 Å². The van der Waals surface area contributed by atoms with E-state index in [9.17, 15) is 14.4 Å². The lowest BCUT2D eigenvalue weighted by atomic mass is 10.1. The lowest BCUT2D eigenvalue weighted by Crippen LogP contribution is -2.27. The van der Waals surface area contributed by atoms with Gasteiger partial charge in [0.2, 0.25) is 0 Å². The molecule has 0 aliphatic carbocycles. The Labute approximate surface area is 238 Å². The lowest BCUT2D eigenvalue weighted by molar-refractivity contribution is -0.123. The van der Waals surface area contributed by atoms with Gasteiger partial charge in [-0.2, -0.15) is 0 Å². The van der Waals surface area contributed by atoms with E-state index in [1.165, 1.54) is 7.11 Å². The van der Waals surface area contributed by atoms with Crippen molar-refractivity contribution in [1.29, 1.82) is 0 Å². The summed E-state index contributed by atoms with van der Waals surface area (Å²) in [6.07, 6.45) is 1.59. The molecule has 0 spiro atoms. The number of hydrogen-bond donors (Lipinski definition) is 1. The molecule has 1 fully saturated rings. The van der Waals surface area contributed by atoms with Gasteiger partial charge in [-0.1, -0.05) is 53.0 Å². The Morgan fingerprint density at radius 1 is 1.00 bits per heavy atom. The zero-order valence-corrected chi connectivity index (χ0v) is 23.3. The molecule has 0 aromatic heterocycles. The number of ether oxygens (including phenoxy) is 2. The Kier molecular flexibility index (Phi) is 8.89. The summed E-state index contributed by atoms with van der Waals surface area (Å²) in [7, 11) is 1.46. The van der Waals surface area contributed by atoms with Crippen LogP contribution in [0.3, 0.4) is 0 Å². The molecule has 0 saturated carbocycles. The molecule has 1 heterocycles. The molecule has 196 valence electrons. The van der Waals surface area contributed by atoms with Gasteiger partial charge in [-0.25, -0.2) is 0 Å². The smallest absolute Gasteiger partial charge is 0.293 e. The molecular formula is C27H21Cl3N2O5S. The lowest BCUT2D eigenvalue weighted by Gasteiger charge is -2.14. The second-order valence-corrected chi connectivity index (χ2v) is 10.5. The molecule has 1 saturated heterocycles. The van der Waals surface area contributed by atoms with Gasteiger partial charge < -0.3 is 14.8 Å². The van der Waals surface area contributed by atoms with Crippen molar-refractivity contribution in [2.75, 3.05) is 19.0 Å². The van der Waals surface area contributed by atoms with Crippen LogP contribution in [-0.2, 0) is 16.1 Å². The monoisotopic (exact) mass is 590 g/mol. The number of benzene rings is 3. The molecule has 0 atom stereocenters. The van der Waals surface area contributed by atoms with E-state index in [2.05, 4.69) is 5.32 Å². The molecule has 7 nitrogen and oxygen atoms in total. The Morgan fingerprint density at radius 2 is 1.79 bits per heavy atom. The van der Waals surface area contributed by atoms with Crippen LogP contribution in [0.25, 0.3) is 6.08 Å². The molecule has 0 unspecified atom stereocenters. The zero-order chi connectivity index (χ0) is 27.4. The molecule has 3 aromatic carbocycles. The maximum atomic E-state index is 12.9. The second kappa shape index (κ2) is 12.1. The highest BCUT2D eigenvalue weighted by molar-refractivity contribution is 8.18. The van der Waals surface area contributed by atoms with Crippen molar-refractivity contribution >= 4 is 75.4 Å². The van der Waals surface area contributed by atoms with Crippen LogP contribution in [0.2, 0.25) is 15.1 Å². The average molecular weight is 592 g/mol. The van der Waals surface area contributed by atoms with Crippen LogP contribution in [0, 0.1) is 6.92 Å². The predicted octanol–water partition coefficient (Wildman–Crippen LogP) is 7.22. The maximum absolute atomic E-state index is 12.9. The fourth-order valence-corrected chi connectivity index (χ4v) is 5.00. The normalized spacial score (nSPS) is 14.2. The third kappa shape index (κ3) is 6.63. The predicted molar refractivity (Wildman–Crippen MR) is 151 cm³/mol. The average Bonchev–Trinajstić information content (AvgIpc) is 3.14. The number of hydrogen-bond acceptors (Lipinski definition) is 6. The number of rotatable bonds is 8. The number of methoxy groups -OCH3 is 1. The van der Waals surface area contributed by atoms with E-state index in [0.29, 0.717) is 43.4 Å². The summed E-state index contributed by atoms with van der Waals surface area (Å²) in [4.78, 5) is 39.2. The minimum atomic E-state index is -0.432. The second-order valence-electron chi connectivity index (χ2n) is 8.21. The van der Waals surface area contributed by atoms with Gasteiger partial charge in [0.1, 0.15) is 0 Å². The van der Waals surface area contributed by atoms with Gasteiger partial charge in [-0.3, -0.25) is 19.3 Å². The molecule has 1 aliphatic rings. The standard InChI is InChI=1S/C27H21Cl3N2O5S/c1-15-3-7-19(12-20(15)29)31-25(33)14-37-22-8-4-16(9-23(22)36-2)10-24-26(34)32(27(35)38-24)13-17-5-6-18(28)11-21(17)30/h3-12H,13-14H2,1-2H3,(H,31,33)/b24-10-. The van der Waals surface area contributed by atoms with Crippen LogP contribution in [0.5, 0.6) is 11.5 Å². The first-order valence-corrected chi connectivity index (χ1v) is 13.2. The third-order valence-electron chi connectivity index (χ3n) is 5.52. The number of nitrogens with zero attached hydrogens (tertiary/aromatic N) is 1. The number of imide groups is 1. The Hall–Kier alpha value is -3.17. The van der Waals surface area contributed by atoms with E-state index in [1.54, 1.807) is 54.6 Å². The van der Waals surface area contributed by atoms with Crippen molar-refractivity contribution in [2.24, 2.45) is 0 Å². The van der Waals surface area contributed by atoms with Gasteiger partial charge in [-0.05, 0) is 77.9 Å². The molecular weight excluding hydrogens is 571 g/mol. The molecule has 11 heteroatoms. The fourth-order valence-electron chi connectivity index (χ4n) is 3.51. The van der Waals surface area contributed by atoms with Crippen LogP contribution < -0.4 is 14.8 Å². The Balaban J connectivity index is 1.42. The van der Waals surface area contributed by atoms with Crippen molar-refractivity contribution in [3.8, 4) is 11.5 Å². The molecule has 3 aromatic rings. The summed E-state index contributed by atoms with van der Waals surface area (Å²) in [6.45, 7) is 1.65. The van der Waals surface area contributed by atoms with E-state index in [0.717, 1.165) is 22.2 Å². The topological polar surface area (TPSA) is 84.9 Å². The van der Waals surface area contributed by atoms with Crippen LogP contribution in [0.15, 0.2) is 59.5 Å². The van der Waals surface area contributed by atoms with Crippen molar-refractivity contribution in [3.05, 3.63) is 91.3 Å². The van der Waals surface area contributed by atoms with Gasteiger partial charge in [0, 0.05) is 20.8 Å². The number of amides is 3. The Morgan fingerprint density at radius 3 is 2.50 bits per heavy atom. The highest BCUT2D eigenvalue weighted by Crippen LogP contribution is 2.36. The van der Waals surface area contributed by atoms with Crippen LogP contribution in [0.4, 0.5) is 10.5 Å². The summed E-state index contributed by atoms with van der Waals surface area (Å²) >= 11 is 19.1. The van der Waals surface area contributed by atoms with Gasteiger partial charge >= 0.3 is 0 Å². The number of carbonyl (C=O) groups is 3. The molecule has 3 amide bonds. The zero-order valence-electron chi connectivity index (χ0n) is 20.2. The molecule has 38 heavy (non-hydrogen) atoms. The van der Waals surface area contributed by atoms with Gasteiger partial charge in [0.05, 0.1) is 18.6 Å². The van der Waals surface area contributed by atoms with E-state index < -0.39 is 11.1 Å². The Bertz CT molecular complexity index is 1460. The van der Waals surface area contributed by atoms with E-state index in [1.807, 2.05) is 13.0 Å². The van der Waals surface area contributed by atoms with Crippen LogP contribution in [0.1, 0.15) is 16.7 Å². The molecule has 1 N–H and O–H groups in total. The number of thioether (sulfide) groups is 1. The number of halogens is 3. The molecule has 0 radical (unpaired) electrons. The number of aryl methyl sites for hydroxylation is 1. The van der Waals surface area contributed by atoms with Crippen molar-refractivity contribution in [1.82, 2.24) is 4.90 Å². The van der Waals surface area contributed by atoms with Gasteiger partial charge in [0.15, 0.2) is 18.1 Å². The minimum Gasteiger partial charge on any atom is -0.493 e. The largest absolute Gasteiger partial charge is 0.493 e. The first kappa shape index (κ1) is 27.9. The number of nitrogens with one attached hydrogen (secondary N) is 1. The fraction of sp³-hybridized carbons (Fsp3) is 0.148. The first-order chi connectivity index (χ1) is 18.1. The third-order valence-corrected chi connectivity index (χ3v) is 7.42. The highest BCUT2D eigenvalue weighted by atomic mass is 35.5. The quantitative estimate of drug-likeness (QED) is 0.279. The first-order valence-electron chi connectivity index (χ1n) is 11.2. The molecule has 0 bridgehead atoms.